The number of ether oxygens (including phenoxy) is 1. The quantitative estimate of drug-likeness (QED) is 0.383. The van der Waals surface area contributed by atoms with Gasteiger partial charge in [0, 0.05) is 5.75 Å². The number of nitrogens with one attached hydrogen (secondary N) is 1. The van der Waals surface area contributed by atoms with Crippen LogP contribution in [0, 0.1) is 18.4 Å². The van der Waals surface area contributed by atoms with Crippen molar-refractivity contribution in [1.29, 1.82) is 5.26 Å². The largest absolute Gasteiger partial charge is 0.494 e. The summed E-state index contributed by atoms with van der Waals surface area (Å²) in [6.07, 6.45) is 1.94. The fraction of sp³-hybridized carbons (Fsp3) is 0.222. The van der Waals surface area contributed by atoms with Crippen molar-refractivity contribution in [3.05, 3.63) is 59.7 Å². The smallest absolute Gasteiger partial charge is 0.183 e. The Morgan fingerprint density at radius 1 is 1.22 bits per heavy atom. The van der Waals surface area contributed by atoms with Gasteiger partial charge in [-0.05, 0) is 49.2 Å². The van der Waals surface area contributed by atoms with Crippen LogP contribution in [-0.2, 0) is 5.75 Å². The maximum Gasteiger partial charge on any atom is 0.183 e. The van der Waals surface area contributed by atoms with Crippen LogP contribution >= 0.6 is 11.8 Å². The number of rotatable bonds is 5. The third-order valence-corrected chi connectivity index (χ3v) is 4.09. The zero-order valence-electron chi connectivity index (χ0n) is 13.2. The first-order valence-corrected chi connectivity index (χ1v) is 8.35. The first-order chi connectivity index (χ1) is 11.2. The van der Waals surface area contributed by atoms with E-state index in [0.717, 1.165) is 17.2 Å². The van der Waals surface area contributed by atoms with E-state index in [0.29, 0.717) is 11.8 Å². The number of nitrogens with zero attached hydrogens (tertiary/aromatic N) is 2. The molecule has 118 valence electrons. The van der Waals surface area contributed by atoms with E-state index in [9.17, 15) is 0 Å². The first kappa shape index (κ1) is 16.9. The zero-order valence-corrected chi connectivity index (χ0v) is 14.1. The number of hydrogen-bond donors (Lipinski definition) is 1. The normalized spacial score (nSPS) is 10.9. The molecule has 0 aromatic heterocycles. The lowest BCUT2D eigenvalue weighted by molar-refractivity contribution is 0.340. The van der Waals surface area contributed by atoms with E-state index in [4.69, 9.17) is 10.00 Å². The topological polar surface area (TPSA) is 57.4 Å². The third-order valence-electron chi connectivity index (χ3n) is 3.17. The maximum absolute atomic E-state index is 8.91. The van der Waals surface area contributed by atoms with E-state index in [2.05, 4.69) is 29.4 Å². The minimum absolute atomic E-state index is 0.583. The molecule has 2 rings (SSSR count). The Labute approximate surface area is 141 Å². The number of thioether (sulfide) groups is 1. The van der Waals surface area contributed by atoms with Crippen molar-refractivity contribution in [1.82, 2.24) is 5.32 Å². The van der Waals surface area contributed by atoms with Gasteiger partial charge in [0.05, 0.1) is 12.3 Å². The van der Waals surface area contributed by atoms with Gasteiger partial charge in [0.2, 0.25) is 0 Å². The number of amidine groups is 1. The van der Waals surface area contributed by atoms with Gasteiger partial charge in [0.15, 0.2) is 11.4 Å². The molecule has 0 aliphatic heterocycles. The highest BCUT2D eigenvalue weighted by Gasteiger charge is 2.04. The van der Waals surface area contributed by atoms with Crippen LogP contribution in [0.3, 0.4) is 0 Å². The van der Waals surface area contributed by atoms with Crippen LogP contribution in [0.4, 0.5) is 5.69 Å². The minimum Gasteiger partial charge on any atom is -0.494 e. The Bertz CT molecular complexity index is 705. The van der Waals surface area contributed by atoms with Gasteiger partial charge in [-0.1, -0.05) is 36.0 Å². The second-order valence-corrected chi connectivity index (χ2v) is 5.76. The second kappa shape index (κ2) is 8.86. The van der Waals surface area contributed by atoms with Crippen molar-refractivity contribution >= 4 is 22.6 Å². The Balaban J connectivity index is 2.08. The summed E-state index contributed by atoms with van der Waals surface area (Å²) in [6, 6.07) is 15.7. The summed E-state index contributed by atoms with van der Waals surface area (Å²) < 4.78 is 5.41. The molecule has 0 heterocycles. The van der Waals surface area contributed by atoms with Gasteiger partial charge < -0.3 is 4.74 Å². The predicted octanol–water partition coefficient (Wildman–Crippen LogP) is 4.39. The van der Waals surface area contributed by atoms with Crippen LogP contribution in [0.25, 0.3) is 0 Å². The highest BCUT2D eigenvalue weighted by atomic mass is 32.2. The van der Waals surface area contributed by atoms with Crippen molar-refractivity contribution < 1.29 is 4.74 Å². The zero-order chi connectivity index (χ0) is 16.5. The molecule has 0 spiro atoms. The van der Waals surface area contributed by atoms with Crippen LogP contribution in [0.1, 0.15) is 18.1 Å². The molecule has 0 unspecified atom stereocenters. The molecule has 0 saturated carbocycles. The van der Waals surface area contributed by atoms with Crippen LogP contribution < -0.4 is 10.1 Å². The SMILES string of the molecule is CCOc1ccc(N=C(NC#N)SCc2ccccc2C)cc1. The number of aryl methyl sites for hydroxylation is 1. The molecule has 1 N–H and O–H groups in total. The summed E-state index contributed by atoms with van der Waals surface area (Å²) in [4.78, 5) is 4.48. The summed E-state index contributed by atoms with van der Waals surface area (Å²) in [5.74, 6) is 1.57. The number of nitriles is 1. The molecule has 2 aromatic carbocycles. The molecule has 0 aliphatic rings. The fourth-order valence-electron chi connectivity index (χ4n) is 1.96. The Kier molecular flexibility index (Phi) is 6.52. The molecule has 4 nitrogen and oxygen atoms in total. The summed E-state index contributed by atoms with van der Waals surface area (Å²) in [5, 5.41) is 12.1. The molecule has 5 heteroatoms. The maximum atomic E-state index is 8.91. The number of aliphatic imine (C=N–C) groups is 1. The fourth-order valence-corrected chi connectivity index (χ4v) is 2.87. The Morgan fingerprint density at radius 3 is 2.61 bits per heavy atom. The van der Waals surface area contributed by atoms with Gasteiger partial charge in [-0.25, -0.2) is 4.99 Å². The van der Waals surface area contributed by atoms with Crippen molar-refractivity contribution in [2.24, 2.45) is 4.99 Å². The van der Waals surface area contributed by atoms with Crippen molar-refractivity contribution in [2.45, 2.75) is 19.6 Å². The molecule has 0 amide bonds. The number of benzene rings is 2. The summed E-state index contributed by atoms with van der Waals surface area (Å²) >= 11 is 1.51. The lowest BCUT2D eigenvalue weighted by Gasteiger charge is -2.07. The van der Waals surface area contributed by atoms with Gasteiger partial charge in [-0.15, -0.1) is 0 Å². The minimum atomic E-state index is 0.583. The first-order valence-electron chi connectivity index (χ1n) is 7.37. The summed E-state index contributed by atoms with van der Waals surface area (Å²) in [6.45, 7) is 4.66. The van der Waals surface area contributed by atoms with Gasteiger partial charge in [-0.3, -0.25) is 5.32 Å². The van der Waals surface area contributed by atoms with E-state index >= 15 is 0 Å². The van der Waals surface area contributed by atoms with Gasteiger partial charge in [0.1, 0.15) is 5.75 Å². The van der Waals surface area contributed by atoms with Crippen LogP contribution in [-0.4, -0.2) is 11.8 Å². The number of hydrogen-bond acceptors (Lipinski definition) is 4. The van der Waals surface area contributed by atoms with Gasteiger partial charge in [0.25, 0.3) is 0 Å². The molecule has 0 radical (unpaired) electrons. The van der Waals surface area contributed by atoms with E-state index in [1.165, 1.54) is 22.9 Å². The van der Waals surface area contributed by atoms with Crippen LogP contribution in [0.5, 0.6) is 5.75 Å². The second-order valence-electron chi connectivity index (χ2n) is 4.80. The molecule has 0 bridgehead atoms. The van der Waals surface area contributed by atoms with E-state index in [-0.39, 0.29) is 0 Å². The lowest BCUT2D eigenvalue weighted by atomic mass is 10.1. The standard InChI is InChI=1S/C18H19N3OS/c1-3-22-17-10-8-16(9-11-17)21-18(20-13-19)23-12-15-7-5-4-6-14(15)2/h4-11H,3,12H2,1-2H3,(H,20,21). The van der Waals surface area contributed by atoms with Crippen LogP contribution in [0.2, 0.25) is 0 Å². The molecule has 2 aromatic rings. The summed E-state index contributed by atoms with van der Waals surface area (Å²) in [5.41, 5.74) is 3.25. The molecule has 0 saturated heterocycles. The average molecular weight is 325 g/mol. The molecular formula is C18H19N3OS. The lowest BCUT2D eigenvalue weighted by Crippen LogP contribution is -2.13. The Morgan fingerprint density at radius 2 is 1.96 bits per heavy atom. The monoisotopic (exact) mass is 325 g/mol. The highest BCUT2D eigenvalue weighted by molar-refractivity contribution is 8.13. The third kappa shape index (κ3) is 5.35. The molecule has 0 atom stereocenters. The van der Waals surface area contributed by atoms with Crippen LogP contribution in [0.15, 0.2) is 53.5 Å². The van der Waals surface area contributed by atoms with E-state index in [1.807, 2.05) is 49.5 Å². The molecule has 0 fully saturated rings. The van der Waals surface area contributed by atoms with Gasteiger partial charge in [-0.2, -0.15) is 5.26 Å². The molecule has 0 aliphatic carbocycles. The summed E-state index contributed by atoms with van der Waals surface area (Å²) in [7, 11) is 0. The van der Waals surface area contributed by atoms with Crippen molar-refractivity contribution in [2.75, 3.05) is 6.61 Å². The van der Waals surface area contributed by atoms with E-state index < -0.39 is 0 Å². The molecule has 23 heavy (non-hydrogen) atoms. The van der Waals surface area contributed by atoms with Crippen molar-refractivity contribution in [3.63, 3.8) is 0 Å². The highest BCUT2D eigenvalue weighted by Crippen LogP contribution is 2.22. The van der Waals surface area contributed by atoms with Gasteiger partial charge >= 0.3 is 0 Å². The Hall–Kier alpha value is -2.45. The predicted molar refractivity (Wildman–Crippen MR) is 95.9 cm³/mol. The van der Waals surface area contributed by atoms with E-state index in [1.54, 1.807) is 0 Å². The average Bonchev–Trinajstić information content (AvgIpc) is 2.56. The van der Waals surface area contributed by atoms with Crippen molar-refractivity contribution in [3.8, 4) is 11.9 Å². The molecular weight excluding hydrogens is 306 g/mol.